The minimum atomic E-state index is -0.767. The highest BCUT2D eigenvalue weighted by Crippen LogP contribution is 2.40. The van der Waals surface area contributed by atoms with Gasteiger partial charge in [0.1, 0.15) is 11.4 Å². The van der Waals surface area contributed by atoms with Gasteiger partial charge in [-0.15, -0.1) is 21.6 Å². The van der Waals surface area contributed by atoms with Gasteiger partial charge in [0.2, 0.25) is 5.13 Å². The second kappa shape index (κ2) is 9.15. The van der Waals surface area contributed by atoms with Gasteiger partial charge in [0.05, 0.1) is 11.8 Å². The number of thiazole rings is 1. The molecule has 0 aliphatic carbocycles. The summed E-state index contributed by atoms with van der Waals surface area (Å²) in [4.78, 5) is 29.2. The Morgan fingerprint density at radius 1 is 1.06 bits per heavy atom. The molecule has 0 aliphatic heterocycles. The zero-order valence-electron chi connectivity index (χ0n) is 18.0. The van der Waals surface area contributed by atoms with E-state index in [-0.39, 0.29) is 28.4 Å². The van der Waals surface area contributed by atoms with E-state index in [1.807, 2.05) is 12.1 Å². The molecule has 0 unspecified atom stereocenters. The SMILES string of the molecule is NC(=O)c1c(/N=N/c2c(O)c(C(=O)Nc3ccccc3)cc3ccccc23)cnn1-c1nccs1. The summed E-state index contributed by atoms with van der Waals surface area (Å²) in [6.45, 7) is 0. The van der Waals surface area contributed by atoms with Gasteiger partial charge >= 0.3 is 0 Å². The molecule has 2 heterocycles. The van der Waals surface area contributed by atoms with Crippen molar-refractivity contribution in [2.24, 2.45) is 16.0 Å². The van der Waals surface area contributed by atoms with Gasteiger partial charge in [-0.3, -0.25) is 9.59 Å². The van der Waals surface area contributed by atoms with Crippen LogP contribution in [0.3, 0.4) is 0 Å². The number of amides is 2. The molecule has 11 heteroatoms. The smallest absolute Gasteiger partial charge is 0.269 e. The zero-order valence-corrected chi connectivity index (χ0v) is 18.8. The van der Waals surface area contributed by atoms with Crippen molar-refractivity contribution in [1.29, 1.82) is 0 Å². The number of azo groups is 1. The lowest BCUT2D eigenvalue weighted by atomic mass is 10.0. The van der Waals surface area contributed by atoms with Gasteiger partial charge in [-0.25, -0.2) is 4.98 Å². The fourth-order valence-corrected chi connectivity index (χ4v) is 4.13. The lowest BCUT2D eigenvalue weighted by molar-refractivity contribution is 0.0991. The third-order valence-electron chi connectivity index (χ3n) is 5.11. The molecule has 35 heavy (non-hydrogen) atoms. The Kier molecular flexibility index (Phi) is 5.73. The summed E-state index contributed by atoms with van der Waals surface area (Å²) in [5.74, 6) is -1.63. The van der Waals surface area contributed by atoms with Crippen molar-refractivity contribution in [3.63, 3.8) is 0 Å². The van der Waals surface area contributed by atoms with Crippen LogP contribution in [0.4, 0.5) is 17.1 Å². The highest BCUT2D eigenvalue weighted by molar-refractivity contribution is 7.12. The maximum Gasteiger partial charge on any atom is 0.269 e. The first-order valence-electron chi connectivity index (χ1n) is 10.3. The van der Waals surface area contributed by atoms with Gasteiger partial charge in [-0.05, 0) is 23.6 Å². The Balaban J connectivity index is 1.59. The molecule has 0 fully saturated rings. The number of nitrogens with one attached hydrogen (secondary N) is 1. The van der Waals surface area contributed by atoms with Gasteiger partial charge in [0.15, 0.2) is 11.4 Å². The van der Waals surface area contributed by atoms with Crippen LogP contribution in [0.15, 0.2) is 88.7 Å². The van der Waals surface area contributed by atoms with E-state index in [2.05, 4.69) is 25.6 Å². The highest BCUT2D eigenvalue weighted by atomic mass is 32.1. The predicted molar refractivity (Wildman–Crippen MR) is 132 cm³/mol. The fourth-order valence-electron chi connectivity index (χ4n) is 3.52. The molecule has 0 atom stereocenters. The van der Waals surface area contributed by atoms with Crippen LogP contribution >= 0.6 is 11.3 Å². The van der Waals surface area contributed by atoms with Crippen LogP contribution in [0, 0.1) is 0 Å². The first kappa shape index (κ1) is 21.9. The number of nitrogens with zero attached hydrogens (tertiary/aromatic N) is 5. The number of aromatic hydroxyl groups is 1. The summed E-state index contributed by atoms with van der Waals surface area (Å²) >= 11 is 1.27. The van der Waals surface area contributed by atoms with Gasteiger partial charge in [-0.2, -0.15) is 9.78 Å². The fraction of sp³-hybridized carbons (Fsp3) is 0. The Morgan fingerprint density at radius 2 is 1.83 bits per heavy atom. The maximum atomic E-state index is 13.0. The van der Waals surface area contributed by atoms with Crippen molar-refractivity contribution in [2.45, 2.75) is 0 Å². The second-order valence-electron chi connectivity index (χ2n) is 7.33. The van der Waals surface area contributed by atoms with E-state index in [0.717, 1.165) is 0 Å². The third kappa shape index (κ3) is 4.23. The summed E-state index contributed by atoms with van der Waals surface area (Å²) in [6, 6.07) is 17.6. The molecule has 10 nitrogen and oxygen atoms in total. The molecule has 5 aromatic rings. The van der Waals surface area contributed by atoms with Crippen molar-refractivity contribution in [1.82, 2.24) is 14.8 Å². The van der Waals surface area contributed by atoms with Crippen molar-refractivity contribution >= 4 is 51.0 Å². The first-order valence-corrected chi connectivity index (χ1v) is 11.2. The molecule has 0 bridgehead atoms. The number of phenols is 1. The first-order chi connectivity index (χ1) is 17.0. The number of benzene rings is 3. The molecule has 2 aromatic heterocycles. The molecule has 2 amide bonds. The zero-order chi connectivity index (χ0) is 24.4. The average Bonchev–Trinajstić information content (AvgIpc) is 3.54. The van der Waals surface area contributed by atoms with Gasteiger partial charge < -0.3 is 16.2 Å². The summed E-state index contributed by atoms with van der Waals surface area (Å²) in [5.41, 5.74) is 6.32. The third-order valence-corrected chi connectivity index (χ3v) is 5.86. The Labute approximate surface area is 202 Å². The molecule has 0 aliphatic rings. The van der Waals surface area contributed by atoms with Crippen molar-refractivity contribution in [2.75, 3.05) is 5.32 Å². The van der Waals surface area contributed by atoms with Crippen molar-refractivity contribution in [3.05, 3.63) is 89.7 Å². The number of carbonyl (C=O) groups is 2. The Bertz CT molecular complexity index is 1580. The molecule has 5 rings (SSSR count). The highest BCUT2D eigenvalue weighted by Gasteiger charge is 2.21. The van der Waals surface area contributed by atoms with Crippen LogP contribution in [0.2, 0.25) is 0 Å². The largest absolute Gasteiger partial charge is 0.505 e. The van der Waals surface area contributed by atoms with Gasteiger partial charge in [0.25, 0.3) is 11.8 Å². The van der Waals surface area contributed by atoms with Crippen LogP contribution in [0.25, 0.3) is 15.9 Å². The van der Waals surface area contributed by atoms with Crippen LogP contribution in [-0.4, -0.2) is 31.7 Å². The summed E-state index contributed by atoms with van der Waals surface area (Å²) in [6.07, 6.45) is 2.90. The van der Waals surface area contributed by atoms with Crippen LogP contribution in [0.5, 0.6) is 5.75 Å². The van der Waals surface area contributed by atoms with Crippen LogP contribution < -0.4 is 11.1 Å². The number of anilines is 1. The number of carbonyl (C=O) groups excluding carboxylic acids is 2. The number of rotatable bonds is 6. The van der Waals surface area contributed by atoms with Crippen LogP contribution in [0.1, 0.15) is 20.8 Å². The van der Waals surface area contributed by atoms with E-state index in [9.17, 15) is 14.7 Å². The molecule has 172 valence electrons. The molecule has 0 saturated carbocycles. The van der Waals surface area contributed by atoms with Crippen molar-refractivity contribution in [3.8, 4) is 10.9 Å². The van der Waals surface area contributed by atoms with E-state index < -0.39 is 11.8 Å². The molecular formula is C24H17N7O3S. The molecule has 4 N–H and O–H groups in total. The summed E-state index contributed by atoms with van der Waals surface area (Å²) in [7, 11) is 0. The normalized spacial score (nSPS) is 11.2. The number of para-hydroxylation sites is 1. The number of hydrogen-bond acceptors (Lipinski definition) is 8. The molecule has 0 spiro atoms. The number of fused-ring (bicyclic) bond motifs is 1. The van der Waals surface area contributed by atoms with Crippen LogP contribution in [-0.2, 0) is 0 Å². The summed E-state index contributed by atoms with van der Waals surface area (Å²) in [5, 5.41) is 29.7. The van der Waals surface area contributed by atoms with Crippen molar-refractivity contribution < 1.29 is 14.7 Å². The van der Waals surface area contributed by atoms with E-state index >= 15 is 0 Å². The number of nitrogens with two attached hydrogens (primary N) is 1. The van der Waals surface area contributed by atoms with Gasteiger partial charge in [-0.1, -0.05) is 42.5 Å². The quantitative estimate of drug-likeness (QED) is 0.292. The van der Waals surface area contributed by atoms with E-state index in [1.54, 1.807) is 60.1 Å². The minimum absolute atomic E-state index is 0.00882. The Morgan fingerprint density at radius 3 is 2.57 bits per heavy atom. The monoisotopic (exact) mass is 483 g/mol. The molecule has 3 aromatic carbocycles. The molecule has 0 radical (unpaired) electrons. The predicted octanol–water partition coefficient (Wildman–Crippen LogP) is 4.95. The lowest BCUT2D eigenvalue weighted by Crippen LogP contribution is -2.16. The van der Waals surface area contributed by atoms with E-state index in [1.165, 1.54) is 22.2 Å². The number of primary amides is 1. The topological polar surface area (TPSA) is 148 Å². The average molecular weight is 484 g/mol. The molecular weight excluding hydrogens is 466 g/mol. The lowest BCUT2D eigenvalue weighted by Gasteiger charge is -2.11. The summed E-state index contributed by atoms with van der Waals surface area (Å²) < 4.78 is 1.28. The molecule has 0 saturated heterocycles. The number of phenolic OH excluding ortho intramolecular Hbond substituents is 1. The van der Waals surface area contributed by atoms with E-state index in [4.69, 9.17) is 5.73 Å². The Hall–Kier alpha value is -4.90. The maximum absolute atomic E-state index is 13.0. The number of aromatic nitrogens is 3. The second-order valence-corrected chi connectivity index (χ2v) is 8.20. The number of hydrogen-bond donors (Lipinski definition) is 3. The standard InChI is InChI=1S/C24H17N7O3S/c25-22(33)20-18(13-27-31(20)24-26-10-11-35-24)29-30-19-16-9-5-4-6-14(16)12-17(21(19)32)23(34)28-15-7-2-1-3-8-15/h1-13,32H,(H2,25,33)(H,28,34)/b30-29+. The van der Waals surface area contributed by atoms with Gasteiger partial charge in [0, 0.05) is 22.7 Å². The minimum Gasteiger partial charge on any atom is -0.505 e. The van der Waals surface area contributed by atoms with E-state index in [0.29, 0.717) is 21.6 Å².